The number of guanidine groups is 2. The topological polar surface area (TPSA) is 348 Å². The van der Waals surface area contributed by atoms with E-state index in [9.17, 15) is 57.5 Å². The van der Waals surface area contributed by atoms with Crippen molar-refractivity contribution in [2.45, 2.75) is 24.7 Å². The van der Waals surface area contributed by atoms with Gasteiger partial charge in [-0.3, -0.25) is 25.1 Å². The summed E-state index contributed by atoms with van der Waals surface area (Å²) in [5.41, 5.74) is 23.1. The van der Waals surface area contributed by atoms with Gasteiger partial charge in [0.15, 0.2) is 11.9 Å². The van der Waals surface area contributed by atoms with Crippen LogP contribution < -0.4 is 39.5 Å². The summed E-state index contributed by atoms with van der Waals surface area (Å²) < 4.78 is 127. The lowest BCUT2D eigenvalue weighted by molar-refractivity contribution is -0.193. The number of carbonyl (C=O) groups excluding carboxylic acids is 1. The van der Waals surface area contributed by atoms with Crippen LogP contribution in [0.25, 0.3) is 0 Å². The number of aliphatic imine (C=N–C) groups is 2. The number of carboxylic acids is 4. The van der Waals surface area contributed by atoms with Crippen LogP contribution in [-0.4, -0.2) is 138 Å². The van der Waals surface area contributed by atoms with Crippen LogP contribution in [0.4, 0.5) is 52.7 Å². The number of carbonyl (C=O) groups is 5. The largest absolute Gasteiger partial charge is 0.490 e. The van der Waals surface area contributed by atoms with E-state index in [1.165, 1.54) is 0 Å². The Morgan fingerprint density at radius 3 is 0.980 bits per heavy atom. The van der Waals surface area contributed by atoms with Gasteiger partial charge in [0.25, 0.3) is 0 Å². The van der Waals surface area contributed by atoms with Gasteiger partial charge in [0.2, 0.25) is 5.91 Å². The zero-order valence-electron chi connectivity index (χ0n) is 24.0. The summed E-state index contributed by atoms with van der Waals surface area (Å²) >= 11 is 0. The third-order valence-corrected chi connectivity index (χ3v) is 3.44. The zero-order valence-corrected chi connectivity index (χ0v) is 24.0. The van der Waals surface area contributed by atoms with E-state index in [1.807, 2.05) is 5.43 Å². The molecule has 0 aromatic rings. The number of amides is 1. The Morgan fingerprint density at radius 2 is 0.796 bits per heavy atom. The van der Waals surface area contributed by atoms with Crippen molar-refractivity contribution in [2.75, 3.05) is 45.8 Å². The number of nitrogens with zero attached hydrogens (tertiary/aromatic N) is 3. The molecular formula is C18H30F12N10O9. The third-order valence-electron chi connectivity index (χ3n) is 3.44. The van der Waals surface area contributed by atoms with Crippen molar-refractivity contribution in [3.63, 3.8) is 0 Å². The smallest absolute Gasteiger partial charge is 0.475 e. The summed E-state index contributed by atoms with van der Waals surface area (Å²) in [5.74, 6) is -6.22. The van der Waals surface area contributed by atoms with Crippen molar-refractivity contribution in [3.8, 4) is 0 Å². The SMILES string of the molecule is NNC(=O)CNCCN(CCN=C(N)N)CCN=C(N)N.O=C(O)C(F)(F)F.O=C(O)C(F)(F)F.O=C(O)C(F)(F)F.O=C(O)C(F)(F)F. The summed E-state index contributed by atoms with van der Waals surface area (Å²) in [4.78, 5) is 56.4. The monoisotopic (exact) mass is 758 g/mol. The number of aliphatic carboxylic acids is 4. The van der Waals surface area contributed by atoms with Gasteiger partial charge in [0, 0.05) is 26.2 Å². The highest BCUT2D eigenvalue weighted by Gasteiger charge is 2.40. The van der Waals surface area contributed by atoms with Gasteiger partial charge >= 0.3 is 48.6 Å². The second-order valence-electron chi connectivity index (χ2n) is 7.41. The number of nitrogens with two attached hydrogens (primary N) is 5. The Balaban J connectivity index is -0.000000189. The van der Waals surface area contributed by atoms with E-state index >= 15 is 0 Å². The van der Waals surface area contributed by atoms with Crippen molar-refractivity contribution in [1.82, 2.24) is 15.6 Å². The fraction of sp³-hybridized carbons (Fsp3) is 0.611. The van der Waals surface area contributed by atoms with Gasteiger partial charge in [-0.05, 0) is 0 Å². The molecule has 0 aliphatic heterocycles. The fourth-order valence-corrected chi connectivity index (χ4v) is 1.47. The maximum atomic E-state index is 10.9. The Bertz CT molecular complexity index is 942. The molecule has 0 fully saturated rings. The highest BCUT2D eigenvalue weighted by atomic mass is 19.4. The van der Waals surface area contributed by atoms with E-state index in [-0.39, 0.29) is 24.4 Å². The molecule has 0 spiro atoms. The molecule has 0 saturated heterocycles. The summed E-state index contributed by atoms with van der Waals surface area (Å²) in [7, 11) is 0. The quantitative estimate of drug-likeness (QED) is 0.0205. The lowest BCUT2D eigenvalue weighted by Gasteiger charge is -2.20. The number of hydrogen-bond acceptors (Lipinski definition) is 10. The maximum Gasteiger partial charge on any atom is 0.490 e. The predicted molar refractivity (Wildman–Crippen MR) is 138 cm³/mol. The molecule has 0 saturated carbocycles. The number of nitrogens with one attached hydrogen (secondary N) is 2. The first-order valence-corrected chi connectivity index (χ1v) is 11.5. The normalized spacial score (nSPS) is 10.8. The van der Waals surface area contributed by atoms with E-state index in [0.29, 0.717) is 39.3 Å². The molecule has 0 atom stereocenters. The Morgan fingerprint density at radius 1 is 0.551 bits per heavy atom. The van der Waals surface area contributed by atoms with Crippen molar-refractivity contribution in [3.05, 3.63) is 0 Å². The minimum Gasteiger partial charge on any atom is -0.475 e. The van der Waals surface area contributed by atoms with Crippen LogP contribution in [0.1, 0.15) is 0 Å². The van der Waals surface area contributed by atoms with Crippen LogP contribution in [0.15, 0.2) is 9.98 Å². The van der Waals surface area contributed by atoms with Gasteiger partial charge in [0.1, 0.15) is 0 Å². The van der Waals surface area contributed by atoms with Crippen LogP contribution in [0, 0.1) is 0 Å². The third kappa shape index (κ3) is 45.1. The summed E-state index contributed by atoms with van der Waals surface area (Å²) in [6.07, 6.45) is -20.3. The predicted octanol–water partition coefficient (Wildman–Crippen LogP) is -2.05. The molecule has 16 N–H and O–H groups in total. The number of rotatable bonds is 11. The second kappa shape index (κ2) is 26.0. The molecule has 290 valence electrons. The molecule has 0 unspecified atom stereocenters. The van der Waals surface area contributed by atoms with Crippen LogP contribution >= 0.6 is 0 Å². The highest BCUT2D eigenvalue weighted by Crippen LogP contribution is 2.14. The average molecular weight is 758 g/mol. The van der Waals surface area contributed by atoms with Gasteiger partial charge < -0.3 is 48.7 Å². The standard InChI is InChI=1S/C10H26N10O.4C2HF3O2/c11-9(12)17-2-5-20(6-3-18-10(13)14)4-1-16-7-8(21)19-15;4*3-2(4,5)1(6)7/h16H,1-7,15H2,(H,19,21)(H4,11,12,17)(H4,13,14,18);4*(H,6,7). The number of carboxylic acid groups (broad SMARTS) is 4. The highest BCUT2D eigenvalue weighted by molar-refractivity contribution is 5.77. The average Bonchev–Trinajstić information content (AvgIpc) is 2.89. The molecule has 0 bridgehead atoms. The lowest BCUT2D eigenvalue weighted by Crippen LogP contribution is -2.41. The molecule has 1 amide bonds. The minimum absolute atomic E-state index is 0.0527. The zero-order chi connectivity index (χ0) is 40.4. The first-order chi connectivity index (χ1) is 21.7. The first-order valence-electron chi connectivity index (χ1n) is 11.5. The summed E-state index contributed by atoms with van der Waals surface area (Å²) in [6.45, 7) is 3.73. The van der Waals surface area contributed by atoms with E-state index in [4.69, 9.17) is 68.4 Å². The molecule has 0 aliphatic rings. The lowest BCUT2D eigenvalue weighted by atomic mass is 10.4. The van der Waals surface area contributed by atoms with E-state index < -0.39 is 48.6 Å². The fourth-order valence-electron chi connectivity index (χ4n) is 1.47. The number of hydrazine groups is 1. The van der Waals surface area contributed by atoms with Gasteiger partial charge in [-0.2, -0.15) is 52.7 Å². The molecular weight excluding hydrogens is 728 g/mol. The van der Waals surface area contributed by atoms with Crippen LogP contribution in [0.5, 0.6) is 0 Å². The van der Waals surface area contributed by atoms with Gasteiger partial charge in [-0.15, -0.1) is 0 Å². The summed E-state index contributed by atoms with van der Waals surface area (Å²) in [5, 5.41) is 31.5. The van der Waals surface area contributed by atoms with Gasteiger partial charge in [-0.25, -0.2) is 25.0 Å². The molecule has 49 heavy (non-hydrogen) atoms. The van der Waals surface area contributed by atoms with E-state index in [1.54, 1.807) is 0 Å². The second-order valence-corrected chi connectivity index (χ2v) is 7.41. The van der Waals surface area contributed by atoms with Crippen LogP contribution in [-0.2, 0) is 24.0 Å². The van der Waals surface area contributed by atoms with Gasteiger partial charge in [0.05, 0.1) is 19.6 Å². The minimum atomic E-state index is -5.08. The molecule has 19 nitrogen and oxygen atoms in total. The molecule has 0 heterocycles. The van der Waals surface area contributed by atoms with Gasteiger partial charge in [-0.1, -0.05) is 0 Å². The molecule has 31 heteroatoms. The molecule has 0 aliphatic carbocycles. The van der Waals surface area contributed by atoms with E-state index in [0.717, 1.165) is 0 Å². The van der Waals surface area contributed by atoms with Crippen LogP contribution in [0.3, 0.4) is 0 Å². The molecule has 0 rings (SSSR count). The van der Waals surface area contributed by atoms with Crippen molar-refractivity contribution < 1.29 is 97.1 Å². The first kappa shape index (κ1) is 53.4. The Labute approximate surface area is 264 Å². The number of alkyl halides is 12. The Hall–Kier alpha value is -5.07. The van der Waals surface area contributed by atoms with Crippen LogP contribution in [0.2, 0.25) is 0 Å². The Kier molecular flexibility index (Phi) is 28.3. The van der Waals surface area contributed by atoms with E-state index in [2.05, 4.69) is 20.2 Å². The number of hydrogen-bond donors (Lipinski definition) is 11. The number of halogens is 12. The van der Waals surface area contributed by atoms with Crippen molar-refractivity contribution >= 4 is 41.7 Å². The molecule has 0 radical (unpaired) electrons. The summed E-state index contributed by atoms with van der Waals surface area (Å²) in [6, 6.07) is 0. The van der Waals surface area contributed by atoms with Crippen molar-refractivity contribution in [1.29, 1.82) is 0 Å². The molecule has 0 aromatic carbocycles. The van der Waals surface area contributed by atoms with Crippen molar-refractivity contribution in [2.24, 2.45) is 38.8 Å². The maximum absolute atomic E-state index is 10.9. The molecule has 0 aromatic heterocycles.